The van der Waals surface area contributed by atoms with Crippen LogP contribution in [0.15, 0.2) is 6.20 Å². The zero-order valence-electron chi connectivity index (χ0n) is 17.7. The van der Waals surface area contributed by atoms with Crippen LogP contribution < -0.4 is 0 Å². The van der Waals surface area contributed by atoms with Crippen molar-refractivity contribution in [1.29, 1.82) is 0 Å². The Labute approximate surface area is 162 Å². The molecule has 1 aliphatic carbocycles. The van der Waals surface area contributed by atoms with Crippen LogP contribution in [-0.2, 0) is 6.42 Å². The summed E-state index contributed by atoms with van der Waals surface area (Å²) in [5, 5.41) is 0. The van der Waals surface area contributed by atoms with Gasteiger partial charge in [0.05, 0.1) is 0 Å². The molecule has 0 saturated heterocycles. The molecule has 0 bridgehead atoms. The van der Waals surface area contributed by atoms with Gasteiger partial charge in [-0.3, -0.25) is 0 Å². The highest BCUT2D eigenvalue weighted by Gasteiger charge is 2.24. The van der Waals surface area contributed by atoms with Gasteiger partial charge < -0.3 is 0 Å². The minimum atomic E-state index is 0.610. The number of aryl methyl sites for hydroxylation is 2. The van der Waals surface area contributed by atoms with Crippen molar-refractivity contribution in [2.75, 3.05) is 0 Å². The number of hydrogen-bond donors (Lipinski definition) is 0. The van der Waals surface area contributed by atoms with E-state index in [0.29, 0.717) is 5.92 Å². The fourth-order valence-electron chi connectivity index (χ4n) is 4.52. The zero-order valence-corrected chi connectivity index (χ0v) is 17.7. The second-order valence-corrected chi connectivity index (χ2v) is 8.57. The van der Waals surface area contributed by atoms with Gasteiger partial charge in [0.1, 0.15) is 5.82 Å². The Balaban J connectivity index is 1.69. The lowest BCUT2D eigenvalue weighted by Crippen LogP contribution is -2.16. The Bertz CT molecular complexity index is 489. The second-order valence-electron chi connectivity index (χ2n) is 8.57. The van der Waals surface area contributed by atoms with Crippen molar-refractivity contribution in [2.45, 2.75) is 123 Å². The lowest BCUT2D eigenvalue weighted by atomic mass is 9.79. The van der Waals surface area contributed by atoms with Crippen molar-refractivity contribution in [2.24, 2.45) is 5.92 Å². The van der Waals surface area contributed by atoms with E-state index < -0.39 is 0 Å². The number of unbranched alkanes of at least 4 members (excludes halogenated alkanes) is 7. The van der Waals surface area contributed by atoms with E-state index in [1.165, 1.54) is 101 Å². The summed E-state index contributed by atoms with van der Waals surface area (Å²) in [5.74, 6) is 2.69. The lowest BCUT2D eigenvalue weighted by Gasteiger charge is -2.27. The van der Waals surface area contributed by atoms with Crippen LogP contribution in [0.1, 0.15) is 127 Å². The van der Waals surface area contributed by atoms with Gasteiger partial charge in [-0.1, -0.05) is 71.6 Å². The largest absolute Gasteiger partial charge is 0.241 e. The molecule has 0 atom stereocenters. The SMILES string of the molecule is CCCCCCCCCCc1cnc([C@H]2CC[C@H](CCC)CC2)nc1C. The molecule has 0 amide bonds. The molecule has 2 nitrogen and oxygen atoms in total. The maximum absolute atomic E-state index is 4.91. The number of rotatable bonds is 12. The molecule has 0 aliphatic heterocycles. The molecule has 1 saturated carbocycles. The Morgan fingerprint density at radius 3 is 2.12 bits per heavy atom. The van der Waals surface area contributed by atoms with Crippen molar-refractivity contribution >= 4 is 0 Å². The summed E-state index contributed by atoms with van der Waals surface area (Å²) in [6, 6.07) is 0. The Morgan fingerprint density at radius 1 is 0.846 bits per heavy atom. The number of nitrogens with zero attached hydrogens (tertiary/aromatic N) is 2. The average Bonchev–Trinajstić information content (AvgIpc) is 2.66. The van der Waals surface area contributed by atoms with Gasteiger partial charge in [-0.2, -0.15) is 0 Å². The summed E-state index contributed by atoms with van der Waals surface area (Å²) >= 11 is 0. The quantitative estimate of drug-likeness (QED) is 0.361. The molecule has 1 aromatic rings. The highest BCUT2D eigenvalue weighted by molar-refractivity contribution is 5.17. The van der Waals surface area contributed by atoms with Crippen molar-refractivity contribution in [1.82, 2.24) is 9.97 Å². The van der Waals surface area contributed by atoms with Gasteiger partial charge in [-0.25, -0.2) is 9.97 Å². The Hall–Kier alpha value is -0.920. The predicted molar refractivity (Wildman–Crippen MR) is 113 cm³/mol. The second kappa shape index (κ2) is 12.5. The van der Waals surface area contributed by atoms with Crippen LogP contribution in [-0.4, -0.2) is 9.97 Å². The Morgan fingerprint density at radius 2 is 1.50 bits per heavy atom. The molecule has 0 aromatic carbocycles. The molecule has 0 radical (unpaired) electrons. The van der Waals surface area contributed by atoms with E-state index in [1.54, 1.807) is 0 Å². The van der Waals surface area contributed by atoms with E-state index >= 15 is 0 Å². The van der Waals surface area contributed by atoms with E-state index in [-0.39, 0.29) is 0 Å². The molecular weight excluding hydrogens is 316 g/mol. The summed E-state index contributed by atoms with van der Waals surface area (Å²) in [6.07, 6.45) is 22.4. The van der Waals surface area contributed by atoms with Crippen molar-refractivity contribution in [3.05, 3.63) is 23.3 Å². The first-order chi connectivity index (χ1) is 12.7. The van der Waals surface area contributed by atoms with Gasteiger partial charge in [0.25, 0.3) is 0 Å². The molecule has 2 rings (SSSR count). The van der Waals surface area contributed by atoms with Gasteiger partial charge in [0.2, 0.25) is 0 Å². The summed E-state index contributed by atoms with van der Waals surface area (Å²) < 4.78 is 0. The standard InChI is InChI=1S/C24H42N2/c1-4-6-7-8-9-10-11-12-14-23-19-25-24(26-20(23)3)22-17-15-21(13-5-2)16-18-22/h19,21-22H,4-18H2,1-3H3/t21-,22-. The van der Waals surface area contributed by atoms with Gasteiger partial charge in [0.15, 0.2) is 0 Å². The van der Waals surface area contributed by atoms with Crippen molar-refractivity contribution < 1.29 is 0 Å². The summed E-state index contributed by atoms with van der Waals surface area (Å²) in [6.45, 7) is 6.78. The van der Waals surface area contributed by atoms with Crippen LogP contribution in [0.25, 0.3) is 0 Å². The maximum atomic E-state index is 4.91. The van der Waals surface area contributed by atoms with E-state index in [1.807, 2.05) is 0 Å². The third kappa shape index (κ3) is 7.37. The lowest BCUT2D eigenvalue weighted by molar-refractivity contribution is 0.302. The molecule has 26 heavy (non-hydrogen) atoms. The predicted octanol–water partition coefficient (Wildman–Crippen LogP) is 7.54. The molecular formula is C24H42N2. The maximum Gasteiger partial charge on any atom is 0.131 e. The van der Waals surface area contributed by atoms with Crippen molar-refractivity contribution in [3.63, 3.8) is 0 Å². The highest BCUT2D eigenvalue weighted by atomic mass is 14.9. The molecule has 0 spiro atoms. The van der Waals surface area contributed by atoms with Crippen LogP contribution in [0.2, 0.25) is 0 Å². The Kier molecular flexibility index (Phi) is 10.2. The van der Waals surface area contributed by atoms with Crippen LogP contribution in [0.4, 0.5) is 0 Å². The molecule has 148 valence electrons. The van der Waals surface area contributed by atoms with Crippen molar-refractivity contribution in [3.8, 4) is 0 Å². The monoisotopic (exact) mass is 358 g/mol. The fraction of sp³-hybridized carbons (Fsp3) is 0.833. The van der Waals surface area contributed by atoms with E-state index in [0.717, 1.165) is 18.2 Å². The minimum Gasteiger partial charge on any atom is -0.241 e. The molecule has 0 unspecified atom stereocenters. The smallest absolute Gasteiger partial charge is 0.131 e. The van der Waals surface area contributed by atoms with E-state index in [4.69, 9.17) is 9.97 Å². The first kappa shape index (κ1) is 21.4. The average molecular weight is 359 g/mol. The van der Waals surface area contributed by atoms with E-state index in [9.17, 15) is 0 Å². The van der Waals surface area contributed by atoms with Crippen LogP contribution in [0, 0.1) is 12.8 Å². The normalized spacial score (nSPS) is 20.4. The topological polar surface area (TPSA) is 25.8 Å². The number of aromatic nitrogens is 2. The third-order valence-electron chi connectivity index (χ3n) is 6.31. The molecule has 1 fully saturated rings. The molecule has 1 aromatic heterocycles. The number of hydrogen-bond acceptors (Lipinski definition) is 2. The van der Waals surface area contributed by atoms with Gasteiger partial charge >= 0.3 is 0 Å². The van der Waals surface area contributed by atoms with Crippen LogP contribution in [0.3, 0.4) is 0 Å². The van der Waals surface area contributed by atoms with Crippen LogP contribution in [0.5, 0.6) is 0 Å². The van der Waals surface area contributed by atoms with Crippen LogP contribution >= 0.6 is 0 Å². The van der Waals surface area contributed by atoms with Gasteiger partial charge in [-0.05, 0) is 56.9 Å². The molecule has 0 N–H and O–H groups in total. The minimum absolute atomic E-state index is 0.610. The summed E-state index contributed by atoms with van der Waals surface area (Å²) in [7, 11) is 0. The summed E-state index contributed by atoms with van der Waals surface area (Å²) in [5.41, 5.74) is 2.60. The molecule has 2 heteroatoms. The zero-order chi connectivity index (χ0) is 18.6. The molecule has 1 heterocycles. The first-order valence-electron chi connectivity index (χ1n) is 11.6. The van der Waals surface area contributed by atoms with E-state index in [2.05, 4.69) is 27.0 Å². The third-order valence-corrected chi connectivity index (χ3v) is 6.31. The van der Waals surface area contributed by atoms with Gasteiger partial charge in [-0.15, -0.1) is 0 Å². The van der Waals surface area contributed by atoms with Gasteiger partial charge in [0, 0.05) is 17.8 Å². The summed E-state index contributed by atoms with van der Waals surface area (Å²) in [4.78, 5) is 9.68. The first-order valence-corrected chi connectivity index (χ1v) is 11.6. The molecule has 1 aliphatic rings. The highest BCUT2D eigenvalue weighted by Crippen LogP contribution is 2.36. The fourth-order valence-corrected chi connectivity index (χ4v) is 4.52.